The smallest absolute Gasteiger partial charge is 0.250 e. The zero-order valence-electron chi connectivity index (χ0n) is 7.48. The zero-order chi connectivity index (χ0) is 11.4. The van der Waals surface area contributed by atoms with E-state index in [4.69, 9.17) is 28.5 Å². The highest BCUT2D eigenvalue weighted by Gasteiger charge is 2.18. The molecule has 80 valence electrons. The second-order valence-electron chi connectivity index (χ2n) is 2.73. The molecule has 0 saturated heterocycles. The van der Waals surface area contributed by atoms with Gasteiger partial charge in [0.15, 0.2) is 0 Å². The molecule has 1 heterocycles. The van der Waals surface area contributed by atoms with Gasteiger partial charge in [-0.3, -0.25) is 4.98 Å². The minimum Gasteiger partial charge on any atom is -0.250 e. The van der Waals surface area contributed by atoms with E-state index in [1.807, 2.05) is 6.07 Å². The van der Waals surface area contributed by atoms with Crippen LogP contribution in [0.2, 0.25) is 5.02 Å². The molecule has 0 aliphatic rings. The fourth-order valence-corrected chi connectivity index (χ4v) is 1.73. The molecular formula is C9H6Cl2F2N2. The molecule has 0 spiro atoms. The lowest BCUT2D eigenvalue weighted by molar-refractivity contribution is 0.145. The lowest BCUT2D eigenvalue weighted by Gasteiger charge is -2.08. The number of pyridine rings is 1. The van der Waals surface area contributed by atoms with E-state index >= 15 is 0 Å². The van der Waals surface area contributed by atoms with Crippen LogP contribution in [0.4, 0.5) is 8.78 Å². The molecule has 0 radical (unpaired) electrons. The quantitative estimate of drug-likeness (QED) is 0.771. The molecule has 2 nitrogen and oxygen atoms in total. The van der Waals surface area contributed by atoms with Crippen LogP contribution >= 0.6 is 23.2 Å². The fourth-order valence-electron chi connectivity index (χ4n) is 1.09. The maximum absolute atomic E-state index is 12.6. The SMILES string of the molecule is N#CCc1cc(Cl)c(CCl)c(C(F)F)n1. The average Bonchev–Trinajstić information content (AvgIpc) is 2.17. The Labute approximate surface area is 95.4 Å². The van der Waals surface area contributed by atoms with Gasteiger partial charge in [-0.15, -0.1) is 11.6 Å². The summed E-state index contributed by atoms with van der Waals surface area (Å²) in [6.07, 6.45) is -2.79. The predicted molar refractivity (Wildman–Crippen MR) is 53.1 cm³/mol. The first kappa shape index (κ1) is 12.2. The van der Waals surface area contributed by atoms with Crippen LogP contribution in [-0.4, -0.2) is 4.98 Å². The standard InChI is InChI=1S/C9H6Cl2F2N2/c10-4-6-7(11)3-5(1-2-14)15-8(6)9(12)13/h3,9H,1,4H2. The number of nitriles is 1. The van der Waals surface area contributed by atoms with Crippen LogP contribution in [0.1, 0.15) is 23.4 Å². The van der Waals surface area contributed by atoms with Crippen molar-refractivity contribution in [1.82, 2.24) is 4.98 Å². The minimum absolute atomic E-state index is 0.0536. The zero-order valence-corrected chi connectivity index (χ0v) is 8.99. The molecule has 1 aromatic rings. The molecule has 0 aromatic carbocycles. The van der Waals surface area contributed by atoms with E-state index in [-0.39, 0.29) is 28.6 Å². The van der Waals surface area contributed by atoms with Crippen molar-refractivity contribution in [2.24, 2.45) is 0 Å². The Kier molecular flexibility index (Phi) is 4.25. The summed E-state index contributed by atoms with van der Waals surface area (Å²) in [5.74, 6) is -0.127. The average molecular weight is 251 g/mol. The van der Waals surface area contributed by atoms with Gasteiger partial charge in [-0.05, 0) is 6.07 Å². The van der Waals surface area contributed by atoms with Crippen molar-refractivity contribution >= 4 is 23.2 Å². The Balaban J connectivity index is 3.27. The number of nitrogens with zero attached hydrogens (tertiary/aromatic N) is 2. The van der Waals surface area contributed by atoms with Gasteiger partial charge in [0.25, 0.3) is 6.43 Å². The van der Waals surface area contributed by atoms with Crippen molar-refractivity contribution in [3.05, 3.63) is 28.0 Å². The summed E-state index contributed by atoms with van der Waals surface area (Å²) in [4.78, 5) is 3.65. The molecule has 0 aliphatic heterocycles. The number of aromatic nitrogens is 1. The van der Waals surface area contributed by atoms with Crippen LogP contribution in [0.5, 0.6) is 0 Å². The van der Waals surface area contributed by atoms with Crippen molar-refractivity contribution in [2.75, 3.05) is 0 Å². The van der Waals surface area contributed by atoms with Gasteiger partial charge in [0.05, 0.1) is 24.1 Å². The molecule has 0 aliphatic carbocycles. The molecule has 0 amide bonds. The van der Waals surface area contributed by atoms with Crippen molar-refractivity contribution in [2.45, 2.75) is 18.7 Å². The fraction of sp³-hybridized carbons (Fsp3) is 0.333. The van der Waals surface area contributed by atoms with Crippen LogP contribution in [0.15, 0.2) is 6.07 Å². The van der Waals surface area contributed by atoms with Gasteiger partial charge in [-0.1, -0.05) is 11.6 Å². The second-order valence-corrected chi connectivity index (χ2v) is 3.40. The van der Waals surface area contributed by atoms with Gasteiger partial charge in [0.1, 0.15) is 5.69 Å². The molecule has 0 unspecified atom stereocenters. The topological polar surface area (TPSA) is 36.7 Å². The molecule has 0 saturated carbocycles. The molecular weight excluding hydrogens is 245 g/mol. The highest BCUT2D eigenvalue weighted by Crippen LogP contribution is 2.28. The van der Waals surface area contributed by atoms with E-state index in [0.29, 0.717) is 0 Å². The molecule has 0 atom stereocenters. The van der Waals surface area contributed by atoms with Gasteiger partial charge in [-0.2, -0.15) is 5.26 Å². The molecule has 15 heavy (non-hydrogen) atoms. The summed E-state index contributed by atoms with van der Waals surface area (Å²) >= 11 is 11.2. The third-order valence-electron chi connectivity index (χ3n) is 1.76. The lowest BCUT2D eigenvalue weighted by atomic mass is 10.1. The van der Waals surface area contributed by atoms with Crippen LogP contribution in [0.3, 0.4) is 0 Å². The third-order valence-corrected chi connectivity index (χ3v) is 2.36. The lowest BCUT2D eigenvalue weighted by Crippen LogP contribution is -2.01. The van der Waals surface area contributed by atoms with E-state index in [1.165, 1.54) is 6.07 Å². The van der Waals surface area contributed by atoms with Crippen molar-refractivity contribution in [3.63, 3.8) is 0 Å². The van der Waals surface area contributed by atoms with E-state index in [0.717, 1.165) is 0 Å². The summed E-state index contributed by atoms with van der Waals surface area (Å²) in [6, 6.07) is 3.20. The maximum Gasteiger partial charge on any atom is 0.280 e. The van der Waals surface area contributed by atoms with Gasteiger partial charge in [0, 0.05) is 10.6 Å². The van der Waals surface area contributed by atoms with Gasteiger partial charge in [-0.25, -0.2) is 8.78 Å². The molecule has 6 heteroatoms. The summed E-state index contributed by atoms with van der Waals surface area (Å²) < 4.78 is 25.1. The van der Waals surface area contributed by atoms with E-state index in [9.17, 15) is 8.78 Å². The summed E-state index contributed by atoms with van der Waals surface area (Å²) in [7, 11) is 0. The first-order chi connectivity index (χ1) is 7.10. The minimum atomic E-state index is -2.74. The monoisotopic (exact) mass is 250 g/mol. The summed E-state index contributed by atoms with van der Waals surface area (Å²) in [6.45, 7) is 0. The van der Waals surface area contributed by atoms with E-state index in [1.54, 1.807) is 0 Å². The van der Waals surface area contributed by atoms with E-state index in [2.05, 4.69) is 4.98 Å². The number of hydrogen-bond donors (Lipinski definition) is 0. The Bertz CT molecular complexity index is 402. The molecule has 1 rings (SSSR count). The Morgan fingerprint density at radius 1 is 1.53 bits per heavy atom. The first-order valence-electron chi connectivity index (χ1n) is 3.99. The number of rotatable bonds is 3. The van der Waals surface area contributed by atoms with E-state index < -0.39 is 12.1 Å². The first-order valence-corrected chi connectivity index (χ1v) is 4.90. The van der Waals surface area contributed by atoms with Crippen LogP contribution in [0, 0.1) is 11.3 Å². The molecule has 0 N–H and O–H groups in total. The number of alkyl halides is 3. The van der Waals surface area contributed by atoms with Crippen molar-refractivity contribution < 1.29 is 8.78 Å². The highest BCUT2D eigenvalue weighted by atomic mass is 35.5. The van der Waals surface area contributed by atoms with Gasteiger partial charge < -0.3 is 0 Å². The summed E-state index contributed by atoms with van der Waals surface area (Å²) in [5.41, 5.74) is -0.0931. The van der Waals surface area contributed by atoms with Crippen LogP contribution < -0.4 is 0 Å². The van der Waals surface area contributed by atoms with Crippen LogP contribution in [-0.2, 0) is 12.3 Å². The molecule has 0 fully saturated rings. The Morgan fingerprint density at radius 2 is 2.20 bits per heavy atom. The van der Waals surface area contributed by atoms with Gasteiger partial charge in [0.2, 0.25) is 0 Å². The second kappa shape index (κ2) is 5.24. The summed E-state index contributed by atoms with van der Waals surface area (Å²) in [5, 5.41) is 8.55. The third kappa shape index (κ3) is 2.77. The number of halogens is 4. The normalized spacial score (nSPS) is 10.4. The number of hydrogen-bond acceptors (Lipinski definition) is 2. The molecule has 0 bridgehead atoms. The van der Waals surface area contributed by atoms with Crippen molar-refractivity contribution in [1.29, 1.82) is 5.26 Å². The Hall–Kier alpha value is -0.920. The highest BCUT2D eigenvalue weighted by molar-refractivity contribution is 6.32. The largest absolute Gasteiger partial charge is 0.280 e. The molecule has 1 aromatic heterocycles. The maximum atomic E-state index is 12.6. The van der Waals surface area contributed by atoms with Gasteiger partial charge >= 0.3 is 0 Å². The predicted octanol–water partition coefficient (Wildman–Crippen LogP) is 3.48. The van der Waals surface area contributed by atoms with Crippen LogP contribution in [0.25, 0.3) is 0 Å². The Morgan fingerprint density at radius 3 is 2.67 bits per heavy atom. The van der Waals surface area contributed by atoms with Crippen molar-refractivity contribution in [3.8, 4) is 6.07 Å².